The molecule has 0 aliphatic rings. The van der Waals surface area contributed by atoms with Crippen LogP contribution in [0.25, 0.3) is 0 Å². The van der Waals surface area contributed by atoms with Gasteiger partial charge in [-0.15, -0.1) is 0 Å². The first-order chi connectivity index (χ1) is 8.05. The maximum atomic E-state index is 10.7. The van der Waals surface area contributed by atoms with Gasteiger partial charge in [-0.3, -0.25) is 4.79 Å². The minimum absolute atomic E-state index is 0.345. The smallest absolute Gasteiger partial charge is 0.322 e. The van der Waals surface area contributed by atoms with Gasteiger partial charge in [-0.2, -0.15) is 0 Å². The molecule has 0 aliphatic carbocycles. The lowest BCUT2D eigenvalue weighted by Crippen LogP contribution is -2.31. The Hall–Kier alpha value is -1.01. The number of carbonyl (C=O) groups is 1. The zero-order chi connectivity index (χ0) is 14.1. The molecule has 0 rings (SSSR count). The SMILES string of the molecule is COC(=O)C(N)CCCCN.N=C=S.N=C=S. The third-order valence-corrected chi connectivity index (χ3v) is 1.47. The molecule has 1 unspecified atom stereocenters. The summed E-state index contributed by atoms with van der Waals surface area (Å²) in [6, 6.07) is -0.480. The van der Waals surface area contributed by atoms with Gasteiger partial charge in [0, 0.05) is 0 Å². The summed E-state index contributed by atoms with van der Waals surface area (Å²) < 4.78 is 4.45. The van der Waals surface area contributed by atoms with Crippen LogP contribution in [0.15, 0.2) is 0 Å². The molecule has 0 fully saturated rings. The van der Waals surface area contributed by atoms with Gasteiger partial charge in [0.15, 0.2) is 0 Å². The molecule has 0 heterocycles. The fraction of sp³-hybridized carbons (Fsp3) is 0.667. The summed E-state index contributed by atoms with van der Waals surface area (Å²) in [6.45, 7) is 0.647. The second-order valence-electron chi connectivity index (χ2n) is 2.62. The Morgan fingerprint density at radius 2 is 1.76 bits per heavy atom. The van der Waals surface area contributed by atoms with E-state index in [2.05, 4.69) is 29.2 Å². The molecule has 0 bridgehead atoms. The molecule has 0 aliphatic heterocycles. The van der Waals surface area contributed by atoms with E-state index in [9.17, 15) is 4.79 Å². The van der Waals surface area contributed by atoms with Crippen molar-refractivity contribution in [3.8, 4) is 0 Å². The molecule has 1 atom stereocenters. The van der Waals surface area contributed by atoms with Crippen LogP contribution >= 0.6 is 24.4 Å². The summed E-state index contributed by atoms with van der Waals surface area (Å²) in [5.41, 5.74) is 10.7. The van der Waals surface area contributed by atoms with E-state index in [1.165, 1.54) is 7.11 Å². The molecule has 0 aromatic carbocycles. The van der Waals surface area contributed by atoms with Crippen LogP contribution in [0.3, 0.4) is 0 Å². The van der Waals surface area contributed by atoms with Crippen molar-refractivity contribution in [1.82, 2.24) is 0 Å². The number of ether oxygens (including phenoxy) is 1. The predicted octanol–water partition coefficient (Wildman–Crippen LogP) is 0.952. The van der Waals surface area contributed by atoms with Crippen molar-refractivity contribution in [1.29, 1.82) is 10.8 Å². The lowest BCUT2D eigenvalue weighted by atomic mass is 10.1. The fourth-order valence-electron chi connectivity index (χ4n) is 0.778. The van der Waals surface area contributed by atoms with E-state index >= 15 is 0 Å². The molecule has 0 aromatic heterocycles. The van der Waals surface area contributed by atoms with E-state index in [-0.39, 0.29) is 5.97 Å². The lowest BCUT2D eigenvalue weighted by molar-refractivity contribution is -0.142. The number of isothiocyanates is 2. The monoisotopic (exact) mass is 278 g/mol. The standard InChI is InChI=1S/C7H16N2O2.2CHNS/c1-11-7(10)6(9)4-2-3-5-8;2*2-1-3/h6H,2-5,8-9H2,1H3;2*2H. The summed E-state index contributed by atoms with van der Waals surface area (Å²) in [6.07, 6.45) is 2.45. The van der Waals surface area contributed by atoms with Gasteiger partial charge < -0.3 is 16.2 Å². The van der Waals surface area contributed by atoms with Crippen molar-refractivity contribution in [3.05, 3.63) is 0 Å². The van der Waals surface area contributed by atoms with Crippen LogP contribution in [0.5, 0.6) is 0 Å². The number of carbonyl (C=O) groups excluding carboxylic acids is 1. The minimum atomic E-state index is -0.480. The topological polar surface area (TPSA) is 126 Å². The van der Waals surface area contributed by atoms with Crippen LogP contribution in [0.2, 0.25) is 0 Å². The molecule has 0 aromatic rings. The third kappa shape index (κ3) is 25.3. The van der Waals surface area contributed by atoms with Crippen molar-refractivity contribution < 1.29 is 9.53 Å². The average Bonchev–Trinajstić information content (AvgIpc) is 2.30. The van der Waals surface area contributed by atoms with Crippen LogP contribution in [-0.2, 0) is 9.53 Å². The molecule has 0 radical (unpaired) electrons. The van der Waals surface area contributed by atoms with E-state index in [4.69, 9.17) is 22.3 Å². The van der Waals surface area contributed by atoms with Gasteiger partial charge in [0.1, 0.15) is 6.04 Å². The maximum absolute atomic E-state index is 10.7. The molecule has 0 spiro atoms. The molecule has 17 heavy (non-hydrogen) atoms. The number of nitrogens with two attached hydrogens (primary N) is 2. The Bertz CT molecular complexity index is 237. The van der Waals surface area contributed by atoms with Crippen molar-refractivity contribution in [3.63, 3.8) is 0 Å². The van der Waals surface area contributed by atoms with E-state index in [0.717, 1.165) is 12.8 Å². The second kappa shape index (κ2) is 20.4. The van der Waals surface area contributed by atoms with Gasteiger partial charge in [0.25, 0.3) is 0 Å². The van der Waals surface area contributed by atoms with Crippen molar-refractivity contribution in [2.45, 2.75) is 25.3 Å². The van der Waals surface area contributed by atoms with Crippen molar-refractivity contribution >= 4 is 40.7 Å². The first kappa shape index (κ1) is 21.3. The predicted molar refractivity (Wildman–Crippen MR) is 73.5 cm³/mol. The number of rotatable bonds is 5. The van der Waals surface area contributed by atoms with Crippen LogP contribution in [0.1, 0.15) is 19.3 Å². The largest absolute Gasteiger partial charge is 0.468 e. The molecule has 6 N–H and O–H groups in total. The molecule has 6 nitrogen and oxygen atoms in total. The van der Waals surface area contributed by atoms with Gasteiger partial charge in [-0.25, -0.2) is 10.8 Å². The number of thiocarbonyl (C=S) groups is 2. The van der Waals surface area contributed by atoms with Gasteiger partial charge in [0.05, 0.1) is 17.4 Å². The molecule has 8 heteroatoms. The Balaban J connectivity index is -0.000000273. The highest BCUT2D eigenvalue weighted by molar-refractivity contribution is 7.78. The third-order valence-electron chi connectivity index (χ3n) is 1.47. The minimum Gasteiger partial charge on any atom is -0.468 e. The number of esters is 1. The number of methoxy groups -OCH3 is 1. The van der Waals surface area contributed by atoms with E-state index in [1.807, 2.05) is 0 Å². The summed E-state index contributed by atoms with van der Waals surface area (Å²) in [7, 11) is 1.34. The molecular formula is C9H18N4O2S2. The zero-order valence-electron chi connectivity index (χ0n) is 9.69. The number of unbranched alkanes of at least 4 members (excludes halogenated alkanes) is 1. The second-order valence-corrected chi connectivity index (χ2v) is 3.03. The Kier molecular flexibility index (Phi) is 25.6. The molecule has 98 valence electrons. The summed E-state index contributed by atoms with van der Waals surface area (Å²) in [4.78, 5) is 10.7. The molecule has 0 saturated carbocycles. The number of hydrogen-bond donors (Lipinski definition) is 4. The first-order valence-electron chi connectivity index (χ1n) is 4.66. The fourth-order valence-corrected chi connectivity index (χ4v) is 0.778. The van der Waals surface area contributed by atoms with E-state index in [0.29, 0.717) is 13.0 Å². The summed E-state index contributed by atoms with van der Waals surface area (Å²) in [5.74, 6) is -0.345. The summed E-state index contributed by atoms with van der Waals surface area (Å²) in [5, 5.41) is 14.7. The van der Waals surface area contributed by atoms with Crippen LogP contribution in [-0.4, -0.2) is 36.0 Å². The van der Waals surface area contributed by atoms with E-state index < -0.39 is 6.04 Å². The van der Waals surface area contributed by atoms with Gasteiger partial charge in [-0.1, -0.05) is 6.42 Å². The normalized spacial score (nSPS) is 9.12. The van der Waals surface area contributed by atoms with E-state index in [1.54, 1.807) is 10.3 Å². The highest BCUT2D eigenvalue weighted by Gasteiger charge is 2.11. The number of nitrogens with one attached hydrogen (secondary N) is 2. The number of hydrogen-bond acceptors (Lipinski definition) is 8. The maximum Gasteiger partial charge on any atom is 0.322 e. The van der Waals surface area contributed by atoms with Gasteiger partial charge >= 0.3 is 5.97 Å². The average molecular weight is 278 g/mol. The molecule has 0 saturated heterocycles. The van der Waals surface area contributed by atoms with Crippen LogP contribution < -0.4 is 11.5 Å². The Morgan fingerprint density at radius 1 is 1.35 bits per heavy atom. The summed E-state index contributed by atoms with van der Waals surface area (Å²) >= 11 is 7.62. The molecular weight excluding hydrogens is 260 g/mol. The molecule has 0 amide bonds. The van der Waals surface area contributed by atoms with Crippen LogP contribution in [0, 0.1) is 10.8 Å². The van der Waals surface area contributed by atoms with Crippen molar-refractivity contribution in [2.75, 3.05) is 13.7 Å². The Morgan fingerprint density at radius 3 is 2.06 bits per heavy atom. The van der Waals surface area contributed by atoms with Crippen LogP contribution in [0.4, 0.5) is 0 Å². The quantitative estimate of drug-likeness (QED) is 0.257. The highest BCUT2D eigenvalue weighted by Crippen LogP contribution is 1.98. The van der Waals surface area contributed by atoms with Gasteiger partial charge in [-0.05, 0) is 43.8 Å². The highest BCUT2D eigenvalue weighted by atomic mass is 32.1. The zero-order valence-corrected chi connectivity index (χ0v) is 11.3. The first-order valence-corrected chi connectivity index (χ1v) is 5.48. The van der Waals surface area contributed by atoms with Gasteiger partial charge in [0.2, 0.25) is 0 Å². The lowest BCUT2D eigenvalue weighted by Gasteiger charge is -2.07. The van der Waals surface area contributed by atoms with Crippen molar-refractivity contribution in [2.24, 2.45) is 11.5 Å². The Labute approximate surface area is 112 Å².